The van der Waals surface area contributed by atoms with E-state index in [9.17, 15) is 4.79 Å². The van der Waals surface area contributed by atoms with Gasteiger partial charge in [0.1, 0.15) is 0 Å². The summed E-state index contributed by atoms with van der Waals surface area (Å²) >= 11 is 1.63. The first-order valence-corrected chi connectivity index (χ1v) is 8.98. The van der Waals surface area contributed by atoms with E-state index in [4.69, 9.17) is 0 Å². The Labute approximate surface area is 144 Å². The van der Waals surface area contributed by atoms with E-state index >= 15 is 0 Å². The highest BCUT2D eigenvalue weighted by Gasteiger charge is 2.31. The van der Waals surface area contributed by atoms with Crippen molar-refractivity contribution < 1.29 is 4.79 Å². The predicted octanol–water partition coefficient (Wildman–Crippen LogP) is 2.95. The van der Waals surface area contributed by atoms with Gasteiger partial charge >= 0.3 is 0 Å². The number of likely N-dealkylation sites (tertiary alicyclic amines) is 1. The van der Waals surface area contributed by atoms with Crippen LogP contribution in [0.25, 0.3) is 10.6 Å². The summed E-state index contributed by atoms with van der Waals surface area (Å²) in [4.78, 5) is 15.9. The number of aryl methyl sites for hydroxylation is 1. The summed E-state index contributed by atoms with van der Waals surface area (Å²) in [5.74, 6) is 0.000402. The highest BCUT2D eigenvalue weighted by Crippen LogP contribution is 2.25. The first-order valence-electron chi connectivity index (χ1n) is 8.10. The third-order valence-electron chi connectivity index (χ3n) is 4.38. The number of carbonyl (C=O) groups is 1. The number of amides is 1. The molecule has 124 valence electrons. The Morgan fingerprint density at radius 1 is 1.50 bits per heavy atom. The summed E-state index contributed by atoms with van der Waals surface area (Å²) in [6, 6.07) is 6.04. The fourth-order valence-corrected chi connectivity index (χ4v) is 3.90. The van der Waals surface area contributed by atoms with Crippen molar-refractivity contribution in [1.29, 1.82) is 0 Å². The van der Waals surface area contributed by atoms with Crippen LogP contribution in [0.1, 0.15) is 28.9 Å². The number of aromatic nitrogens is 4. The topological polar surface area (TPSA) is 66.8 Å². The second kappa shape index (κ2) is 6.24. The number of thiophene rings is 1. The Kier molecular flexibility index (Phi) is 3.93. The molecule has 1 N–H and O–H groups in total. The molecule has 1 amide bonds. The van der Waals surface area contributed by atoms with E-state index in [1.54, 1.807) is 11.3 Å². The molecule has 7 heteroatoms. The van der Waals surface area contributed by atoms with Crippen LogP contribution in [0, 0.1) is 6.92 Å². The Morgan fingerprint density at radius 2 is 2.42 bits per heavy atom. The van der Waals surface area contributed by atoms with Crippen LogP contribution in [0.2, 0.25) is 0 Å². The quantitative estimate of drug-likeness (QED) is 0.793. The summed E-state index contributed by atoms with van der Waals surface area (Å²) in [5, 5.41) is 13.6. The Balaban J connectivity index is 1.50. The highest BCUT2D eigenvalue weighted by molar-refractivity contribution is 7.13. The Hall–Kier alpha value is -2.41. The summed E-state index contributed by atoms with van der Waals surface area (Å²) < 4.78 is 1.92. The highest BCUT2D eigenvalue weighted by atomic mass is 32.1. The fraction of sp³-hybridized carbons (Fsp3) is 0.353. The average Bonchev–Trinajstić information content (AvgIpc) is 3.35. The molecule has 3 aromatic heterocycles. The molecule has 0 unspecified atom stereocenters. The van der Waals surface area contributed by atoms with Crippen molar-refractivity contribution in [3.63, 3.8) is 0 Å². The minimum atomic E-state index is 0.000402. The normalized spacial score (nSPS) is 17.5. The molecule has 1 fully saturated rings. The van der Waals surface area contributed by atoms with Gasteiger partial charge in [-0.15, -0.1) is 11.3 Å². The van der Waals surface area contributed by atoms with Gasteiger partial charge in [-0.25, -0.2) is 0 Å². The van der Waals surface area contributed by atoms with Crippen molar-refractivity contribution in [1.82, 2.24) is 24.9 Å². The molecule has 0 saturated carbocycles. The number of carbonyl (C=O) groups excluding carboxylic acids is 1. The van der Waals surface area contributed by atoms with Crippen LogP contribution < -0.4 is 0 Å². The van der Waals surface area contributed by atoms with Crippen molar-refractivity contribution in [2.75, 3.05) is 6.54 Å². The summed E-state index contributed by atoms with van der Waals surface area (Å²) in [5.41, 5.74) is 2.52. The third-order valence-corrected chi connectivity index (χ3v) is 5.28. The van der Waals surface area contributed by atoms with E-state index in [0.29, 0.717) is 5.69 Å². The van der Waals surface area contributed by atoms with Crippen LogP contribution in [0.15, 0.2) is 36.0 Å². The number of hydrogen-bond acceptors (Lipinski definition) is 4. The number of nitrogens with zero attached hydrogens (tertiary/aromatic N) is 4. The van der Waals surface area contributed by atoms with Gasteiger partial charge in [0, 0.05) is 12.7 Å². The lowest BCUT2D eigenvalue weighted by molar-refractivity contribution is 0.0715. The largest absolute Gasteiger partial charge is 0.332 e. The molecule has 1 aliphatic heterocycles. The van der Waals surface area contributed by atoms with Gasteiger partial charge < -0.3 is 4.90 Å². The van der Waals surface area contributed by atoms with Crippen LogP contribution in [0.3, 0.4) is 0 Å². The van der Waals surface area contributed by atoms with Crippen molar-refractivity contribution in [2.45, 2.75) is 32.4 Å². The number of rotatable bonds is 4. The third kappa shape index (κ3) is 2.87. The van der Waals surface area contributed by atoms with Crippen molar-refractivity contribution in [3.8, 4) is 10.6 Å². The molecule has 24 heavy (non-hydrogen) atoms. The zero-order valence-corrected chi connectivity index (χ0v) is 14.3. The first-order chi connectivity index (χ1) is 11.7. The van der Waals surface area contributed by atoms with Crippen molar-refractivity contribution >= 4 is 17.2 Å². The molecule has 3 aromatic rings. The molecule has 0 spiro atoms. The monoisotopic (exact) mass is 341 g/mol. The molecule has 0 aromatic carbocycles. The van der Waals surface area contributed by atoms with Gasteiger partial charge in [-0.2, -0.15) is 10.2 Å². The lowest BCUT2D eigenvalue weighted by Gasteiger charge is -2.23. The fourth-order valence-electron chi connectivity index (χ4n) is 3.21. The maximum atomic E-state index is 12.9. The smallest absolute Gasteiger partial charge is 0.274 e. The maximum absolute atomic E-state index is 12.9. The lowest BCUT2D eigenvalue weighted by Crippen LogP contribution is -2.38. The standard InChI is InChI=1S/C17H19N5OS/c1-12-9-18-21(10-12)11-13-4-2-6-22(13)17(23)15-8-14(19-20-15)16-5-3-7-24-16/h3,5,7-10,13H,2,4,6,11H2,1H3,(H,19,20)/t13-/m0/s1. The molecule has 0 bridgehead atoms. The van der Waals surface area contributed by atoms with Gasteiger partial charge in [-0.3, -0.25) is 14.6 Å². The van der Waals surface area contributed by atoms with Crippen molar-refractivity contribution in [2.24, 2.45) is 0 Å². The van der Waals surface area contributed by atoms with Crippen LogP contribution in [-0.2, 0) is 6.54 Å². The molecule has 4 rings (SSSR count). The second-order valence-corrected chi connectivity index (χ2v) is 7.13. The van der Waals surface area contributed by atoms with Gasteiger partial charge in [0.2, 0.25) is 0 Å². The molecule has 1 saturated heterocycles. The van der Waals surface area contributed by atoms with E-state index in [1.807, 2.05) is 52.5 Å². The number of hydrogen-bond donors (Lipinski definition) is 1. The van der Waals surface area contributed by atoms with E-state index in [1.165, 1.54) is 0 Å². The Bertz CT molecular complexity index is 835. The minimum absolute atomic E-state index is 0.000402. The zero-order chi connectivity index (χ0) is 16.5. The lowest BCUT2D eigenvalue weighted by atomic mass is 10.2. The van der Waals surface area contributed by atoms with Gasteiger partial charge in [0.05, 0.1) is 29.4 Å². The van der Waals surface area contributed by atoms with Gasteiger partial charge in [0.15, 0.2) is 5.69 Å². The van der Waals surface area contributed by atoms with Gasteiger partial charge in [0.25, 0.3) is 5.91 Å². The van der Waals surface area contributed by atoms with Crippen LogP contribution in [0.5, 0.6) is 0 Å². The molecule has 6 nitrogen and oxygen atoms in total. The van der Waals surface area contributed by atoms with Crippen LogP contribution >= 0.6 is 11.3 Å². The SMILES string of the molecule is Cc1cnn(C[C@@H]2CCCN2C(=O)c2cc(-c3cccs3)[nH]n2)c1. The second-order valence-electron chi connectivity index (χ2n) is 6.18. The molecular weight excluding hydrogens is 322 g/mol. The number of aromatic amines is 1. The number of nitrogens with one attached hydrogen (secondary N) is 1. The maximum Gasteiger partial charge on any atom is 0.274 e. The van der Waals surface area contributed by atoms with E-state index in [2.05, 4.69) is 15.3 Å². The van der Waals surface area contributed by atoms with Gasteiger partial charge in [-0.1, -0.05) is 6.07 Å². The molecule has 0 radical (unpaired) electrons. The summed E-state index contributed by atoms with van der Waals surface area (Å²) in [6.45, 7) is 3.55. The average molecular weight is 341 g/mol. The van der Waals surface area contributed by atoms with Crippen LogP contribution in [-0.4, -0.2) is 43.4 Å². The number of H-pyrrole nitrogens is 1. The summed E-state index contributed by atoms with van der Waals surface area (Å²) in [7, 11) is 0. The molecule has 1 aliphatic rings. The zero-order valence-electron chi connectivity index (χ0n) is 13.5. The van der Waals surface area contributed by atoms with E-state index in [0.717, 1.165) is 42.1 Å². The first kappa shape index (κ1) is 15.1. The Morgan fingerprint density at radius 3 is 3.17 bits per heavy atom. The molecule has 0 aliphatic carbocycles. The molecular formula is C17H19N5OS. The van der Waals surface area contributed by atoms with E-state index in [-0.39, 0.29) is 11.9 Å². The van der Waals surface area contributed by atoms with Crippen molar-refractivity contribution in [3.05, 3.63) is 47.2 Å². The van der Waals surface area contributed by atoms with Crippen LogP contribution in [0.4, 0.5) is 0 Å². The minimum Gasteiger partial charge on any atom is -0.332 e. The van der Waals surface area contributed by atoms with Gasteiger partial charge in [-0.05, 0) is 42.8 Å². The summed E-state index contributed by atoms with van der Waals surface area (Å²) in [6.07, 6.45) is 5.90. The van der Waals surface area contributed by atoms with E-state index < -0.39 is 0 Å². The molecule has 4 heterocycles. The molecule has 1 atom stereocenters. The predicted molar refractivity (Wildman–Crippen MR) is 92.9 cm³/mol.